The maximum atomic E-state index is 11.8. The molecule has 0 unspecified atom stereocenters. The van der Waals surface area contributed by atoms with E-state index in [0.717, 1.165) is 4.88 Å². The highest BCUT2D eigenvalue weighted by Crippen LogP contribution is 2.09. The van der Waals surface area contributed by atoms with E-state index in [-0.39, 0.29) is 16.9 Å². The number of hydrogen-bond donors (Lipinski definition) is 3. The summed E-state index contributed by atoms with van der Waals surface area (Å²) in [7, 11) is 0. The van der Waals surface area contributed by atoms with E-state index in [4.69, 9.17) is 12.2 Å². The summed E-state index contributed by atoms with van der Waals surface area (Å²) in [4.78, 5) is 24.4. The summed E-state index contributed by atoms with van der Waals surface area (Å²) in [6.45, 7) is 0. The van der Waals surface area contributed by atoms with Crippen molar-refractivity contribution in [2.75, 3.05) is 0 Å². The molecule has 0 saturated heterocycles. The summed E-state index contributed by atoms with van der Waals surface area (Å²) in [6, 6.07) is 12.5. The minimum atomic E-state index is -0.375. The van der Waals surface area contributed by atoms with Crippen molar-refractivity contribution in [1.82, 2.24) is 16.2 Å². The molecule has 22 heavy (non-hydrogen) atoms. The van der Waals surface area contributed by atoms with Crippen LogP contribution in [0.1, 0.15) is 15.2 Å². The lowest BCUT2D eigenvalue weighted by Gasteiger charge is -2.09. The van der Waals surface area contributed by atoms with Crippen LogP contribution in [-0.4, -0.2) is 16.9 Å². The van der Waals surface area contributed by atoms with Gasteiger partial charge in [-0.2, -0.15) is 0 Å². The molecule has 2 aromatic rings. The van der Waals surface area contributed by atoms with Gasteiger partial charge in [0.05, 0.1) is 0 Å². The highest BCUT2D eigenvalue weighted by molar-refractivity contribution is 7.80. The molecule has 1 heterocycles. The quantitative estimate of drug-likeness (QED) is 0.458. The zero-order chi connectivity index (χ0) is 15.8. The Morgan fingerprint density at radius 1 is 1.05 bits per heavy atom. The summed E-state index contributed by atoms with van der Waals surface area (Å²) in [5.74, 6) is -0.716. The Morgan fingerprint density at radius 3 is 2.50 bits per heavy atom. The van der Waals surface area contributed by atoms with Crippen molar-refractivity contribution in [1.29, 1.82) is 0 Å². The standard InChI is InChI=1S/C15H13N3O2S2/c19-13(9-8-12-7-4-10-22-12)16-15(21)18-17-14(20)11-5-2-1-3-6-11/h1-10H,(H,17,20)(H2,16,18,19,21)/b9-8+. The molecule has 0 atom stereocenters. The zero-order valence-corrected chi connectivity index (χ0v) is 13.0. The van der Waals surface area contributed by atoms with E-state index >= 15 is 0 Å². The second-order valence-corrected chi connectivity index (χ2v) is 5.50. The third-order valence-corrected chi connectivity index (χ3v) is 3.55. The lowest BCUT2D eigenvalue weighted by atomic mass is 10.2. The maximum Gasteiger partial charge on any atom is 0.269 e. The van der Waals surface area contributed by atoms with Crippen molar-refractivity contribution in [3.63, 3.8) is 0 Å². The topological polar surface area (TPSA) is 70.2 Å². The molecular formula is C15H13N3O2S2. The van der Waals surface area contributed by atoms with Crippen LogP contribution in [0, 0.1) is 0 Å². The van der Waals surface area contributed by atoms with Gasteiger partial charge in [-0.3, -0.25) is 25.8 Å². The van der Waals surface area contributed by atoms with Gasteiger partial charge in [-0.25, -0.2) is 0 Å². The van der Waals surface area contributed by atoms with Gasteiger partial charge in [0, 0.05) is 16.5 Å². The second-order valence-electron chi connectivity index (χ2n) is 4.11. The molecule has 0 aliphatic rings. The molecule has 0 radical (unpaired) electrons. The van der Waals surface area contributed by atoms with Gasteiger partial charge in [-0.1, -0.05) is 24.3 Å². The van der Waals surface area contributed by atoms with Crippen LogP contribution in [0.25, 0.3) is 6.08 Å². The van der Waals surface area contributed by atoms with Gasteiger partial charge in [0.1, 0.15) is 0 Å². The lowest BCUT2D eigenvalue weighted by Crippen LogP contribution is -2.48. The fraction of sp³-hybridized carbons (Fsp3) is 0. The van der Waals surface area contributed by atoms with E-state index in [2.05, 4.69) is 16.2 Å². The molecule has 3 N–H and O–H groups in total. The van der Waals surface area contributed by atoms with E-state index in [1.54, 1.807) is 30.3 Å². The summed E-state index contributed by atoms with van der Waals surface area (Å²) in [5, 5.41) is 4.37. The fourth-order valence-corrected chi connectivity index (χ4v) is 2.27. The summed E-state index contributed by atoms with van der Waals surface area (Å²) < 4.78 is 0. The molecule has 0 aliphatic carbocycles. The van der Waals surface area contributed by atoms with Crippen molar-refractivity contribution in [2.45, 2.75) is 0 Å². The van der Waals surface area contributed by atoms with Gasteiger partial charge < -0.3 is 0 Å². The fourth-order valence-electron chi connectivity index (χ4n) is 1.50. The molecule has 0 aliphatic heterocycles. The molecule has 0 saturated carbocycles. The smallest absolute Gasteiger partial charge is 0.269 e. The molecular weight excluding hydrogens is 318 g/mol. The molecule has 2 rings (SSSR count). The molecule has 5 nitrogen and oxygen atoms in total. The number of rotatable bonds is 3. The maximum absolute atomic E-state index is 11.8. The molecule has 1 aromatic carbocycles. The normalized spacial score (nSPS) is 10.2. The van der Waals surface area contributed by atoms with Gasteiger partial charge in [-0.05, 0) is 41.9 Å². The van der Waals surface area contributed by atoms with Crippen LogP contribution in [0.5, 0.6) is 0 Å². The van der Waals surface area contributed by atoms with Crippen LogP contribution in [-0.2, 0) is 4.79 Å². The van der Waals surface area contributed by atoms with Crippen molar-refractivity contribution in [2.24, 2.45) is 0 Å². The van der Waals surface area contributed by atoms with Crippen LogP contribution < -0.4 is 16.2 Å². The Bertz CT molecular complexity index is 682. The molecule has 7 heteroatoms. The highest BCUT2D eigenvalue weighted by atomic mass is 32.1. The number of benzene rings is 1. The first-order chi connectivity index (χ1) is 10.6. The summed E-state index contributed by atoms with van der Waals surface area (Å²) in [5.41, 5.74) is 5.37. The Kier molecular flexibility index (Phi) is 5.81. The molecule has 0 bridgehead atoms. The monoisotopic (exact) mass is 331 g/mol. The minimum Gasteiger partial charge on any atom is -0.298 e. The van der Waals surface area contributed by atoms with Crippen LogP contribution in [0.2, 0.25) is 0 Å². The van der Waals surface area contributed by atoms with Gasteiger partial charge in [0.15, 0.2) is 5.11 Å². The number of hydrogen-bond acceptors (Lipinski definition) is 4. The highest BCUT2D eigenvalue weighted by Gasteiger charge is 2.05. The number of thiophene rings is 1. The number of carbonyl (C=O) groups is 2. The Balaban J connectivity index is 1.76. The first kappa shape index (κ1) is 15.9. The Labute approximate surface area is 137 Å². The van der Waals surface area contributed by atoms with Crippen molar-refractivity contribution in [3.05, 3.63) is 64.4 Å². The molecule has 0 fully saturated rings. The number of hydrazine groups is 1. The summed E-state index contributed by atoms with van der Waals surface area (Å²) >= 11 is 6.45. The summed E-state index contributed by atoms with van der Waals surface area (Å²) in [6.07, 6.45) is 3.06. The predicted octanol–water partition coefficient (Wildman–Crippen LogP) is 2.10. The third-order valence-electron chi connectivity index (χ3n) is 2.50. The van der Waals surface area contributed by atoms with Crippen molar-refractivity contribution in [3.8, 4) is 0 Å². The van der Waals surface area contributed by atoms with Crippen molar-refractivity contribution < 1.29 is 9.59 Å². The Hall–Kier alpha value is -2.51. The minimum absolute atomic E-state index is 0.0186. The molecule has 0 spiro atoms. The van der Waals surface area contributed by atoms with Crippen LogP contribution >= 0.6 is 23.6 Å². The van der Waals surface area contributed by atoms with Gasteiger partial charge in [0.25, 0.3) is 5.91 Å². The number of nitrogens with one attached hydrogen (secondary N) is 3. The second kappa shape index (κ2) is 8.06. The Morgan fingerprint density at radius 2 is 1.82 bits per heavy atom. The van der Waals surface area contributed by atoms with Crippen LogP contribution in [0.4, 0.5) is 0 Å². The SMILES string of the molecule is O=C(/C=C/c1cccs1)NC(=S)NNC(=O)c1ccccc1. The average molecular weight is 331 g/mol. The lowest BCUT2D eigenvalue weighted by molar-refractivity contribution is -0.115. The van der Waals surface area contributed by atoms with E-state index in [1.807, 2.05) is 23.6 Å². The average Bonchev–Trinajstić information content (AvgIpc) is 3.05. The predicted molar refractivity (Wildman–Crippen MR) is 91.1 cm³/mol. The largest absolute Gasteiger partial charge is 0.298 e. The van der Waals surface area contributed by atoms with Gasteiger partial charge in [0.2, 0.25) is 5.91 Å². The van der Waals surface area contributed by atoms with Crippen LogP contribution in [0.3, 0.4) is 0 Å². The molecule has 112 valence electrons. The van der Waals surface area contributed by atoms with Gasteiger partial charge in [-0.15, -0.1) is 11.3 Å². The first-order valence-electron chi connectivity index (χ1n) is 6.33. The van der Waals surface area contributed by atoms with E-state index in [9.17, 15) is 9.59 Å². The zero-order valence-electron chi connectivity index (χ0n) is 11.4. The van der Waals surface area contributed by atoms with Gasteiger partial charge >= 0.3 is 0 Å². The van der Waals surface area contributed by atoms with E-state index in [1.165, 1.54) is 17.4 Å². The molecule has 1 aromatic heterocycles. The number of carbonyl (C=O) groups excluding carboxylic acids is 2. The third kappa shape index (κ3) is 5.12. The first-order valence-corrected chi connectivity index (χ1v) is 7.62. The molecule has 2 amide bonds. The van der Waals surface area contributed by atoms with Crippen LogP contribution in [0.15, 0.2) is 53.9 Å². The van der Waals surface area contributed by atoms with Crippen molar-refractivity contribution >= 4 is 46.6 Å². The number of amides is 2. The van der Waals surface area contributed by atoms with E-state index in [0.29, 0.717) is 5.56 Å². The number of thiocarbonyl (C=S) groups is 1. The van der Waals surface area contributed by atoms with E-state index < -0.39 is 0 Å².